The van der Waals surface area contributed by atoms with Gasteiger partial charge in [0.05, 0.1) is 5.92 Å². The van der Waals surface area contributed by atoms with Crippen molar-refractivity contribution in [1.29, 1.82) is 0 Å². The molecule has 104 valence electrons. The Morgan fingerprint density at radius 2 is 1.89 bits per heavy atom. The van der Waals surface area contributed by atoms with Crippen molar-refractivity contribution in [3.05, 3.63) is 0 Å². The van der Waals surface area contributed by atoms with Gasteiger partial charge in [0, 0.05) is 6.61 Å². The maximum atomic E-state index is 12.2. The van der Waals surface area contributed by atoms with Crippen molar-refractivity contribution in [2.45, 2.75) is 65.1 Å². The second kappa shape index (κ2) is 6.55. The average molecular weight is 254 g/mol. The Kier molecular flexibility index (Phi) is 5.04. The van der Waals surface area contributed by atoms with Gasteiger partial charge in [-0.15, -0.1) is 0 Å². The van der Waals surface area contributed by atoms with E-state index in [2.05, 4.69) is 0 Å². The molecule has 4 atom stereocenters. The van der Waals surface area contributed by atoms with E-state index < -0.39 is 6.29 Å². The molecule has 3 heteroatoms. The smallest absolute Gasteiger partial charge is 0.311 e. The number of ether oxygens (including phenoxy) is 2. The lowest BCUT2D eigenvalue weighted by Crippen LogP contribution is -2.37. The molecule has 2 fully saturated rings. The van der Waals surface area contributed by atoms with Gasteiger partial charge in [-0.3, -0.25) is 4.79 Å². The van der Waals surface area contributed by atoms with E-state index in [1.165, 1.54) is 38.5 Å². The summed E-state index contributed by atoms with van der Waals surface area (Å²) in [7, 11) is 0. The average Bonchev–Trinajstić information content (AvgIpc) is 2.38. The normalized spacial score (nSPS) is 33.6. The molecule has 2 aliphatic rings. The molecule has 0 heterocycles. The Hall–Kier alpha value is -0.570. The van der Waals surface area contributed by atoms with Gasteiger partial charge in [-0.05, 0) is 38.5 Å². The van der Waals surface area contributed by atoms with Gasteiger partial charge in [0.2, 0.25) is 0 Å². The van der Waals surface area contributed by atoms with Crippen LogP contribution in [0.4, 0.5) is 0 Å². The molecule has 0 saturated heterocycles. The van der Waals surface area contributed by atoms with Crippen LogP contribution in [0.1, 0.15) is 58.8 Å². The van der Waals surface area contributed by atoms with E-state index in [0.29, 0.717) is 12.5 Å². The second-order valence-electron chi connectivity index (χ2n) is 5.71. The van der Waals surface area contributed by atoms with Crippen molar-refractivity contribution in [2.75, 3.05) is 6.61 Å². The van der Waals surface area contributed by atoms with Gasteiger partial charge in [-0.1, -0.05) is 32.1 Å². The Balaban J connectivity index is 1.91. The third-order valence-electron chi connectivity index (χ3n) is 4.56. The van der Waals surface area contributed by atoms with Gasteiger partial charge in [0.15, 0.2) is 6.29 Å². The molecular formula is C15H26O3. The summed E-state index contributed by atoms with van der Waals surface area (Å²) >= 11 is 0. The van der Waals surface area contributed by atoms with Crippen LogP contribution in [0.15, 0.2) is 0 Å². The Morgan fingerprint density at radius 3 is 2.67 bits per heavy atom. The molecule has 0 N–H and O–H groups in total. The lowest BCUT2D eigenvalue weighted by Gasteiger charge is -2.40. The molecule has 0 bridgehead atoms. The van der Waals surface area contributed by atoms with Crippen LogP contribution in [0.3, 0.4) is 0 Å². The quantitative estimate of drug-likeness (QED) is 0.569. The predicted molar refractivity (Wildman–Crippen MR) is 70.0 cm³/mol. The van der Waals surface area contributed by atoms with Gasteiger partial charge in [-0.2, -0.15) is 0 Å². The summed E-state index contributed by atoms with van der Waals surface area (Å²) in [6, 6.07) is 0. The van der Waals surface area contributed by atoms with Crippen LogP contribution in [-0.2, 0) is 14.3 Å². The standard InChI is InChI=1S/C15H26O3/c1-3-17-11(2)18-15(16)14-10-6-8-12-7-4-5-9-13(12)14/h11-14H,3-10H2,1-2H3. The summed E-state index contributed by atoms with van der Waals surface area (Å²) in [6.45, 7) is 4.32. The van der Waals surface area contributed by atoms with Crippen molar-refractivity contribution in [3.8, 4) is 0 Å². The van der Waals surface area contributed by atoms with Crippen LogP contribution in [0.5, 0.6) is 0 Å². The van der Waals surface area contributed by atoms with E-state index >= 15 is 0 Å². The fourth-order valence-electron chi connectivity index (χ4n) is 3.75. The molecule has 2 rings (SSSR count). The lowest BCUT2D eigenvalue weighted by atomic mass is 9.65. The highest BCUT2D eigenvalue weighted by atomic mass is 16.7. The molecule has 4 unspecified atom stereocenters. The fourth-order valence-corrected chi connectivity index (χ4v) is 3.75. The highest BCUT2D eigenvalue weighted by Gasteiger charge is 2.39. The summed E-state index contributed by atoms with van der Waals surface area (Å²) in [6.07, 6.45) is 8.28. The van der Waals surface area contributed by atoms with Crippen molar-refractivity contribution < 1.29 is 14.3 Å². The second-order valence-corrected chi connectivity index (χ2v) is 5.71. The van der Waals surface area contributed by atoms with Crippen LogP contribution in [0, 0.1) is 17.8 Å². The molecule has 18 heavy (non-hydrogen) atoms. The SMILES string of the molecule is CCOC(C)OC(=O)C1CCCC2CCCCC21. The largest absolute Gasteiger partial charge is 0.436 e. The predicted octanol–water partition coefficient (Wildman–Crippen LogP) is 3.52. The maximum absolute atomic E-state index is 12.2. The van der Waals surface area contributed by atoms with Gasteiger partial charge < -0.3 is 9.47 Å². The third kappa shape index (κ3) is 3.25. The van der Waals surface area contributed by atoms with Crippen molar-refractivity contribution in [2.24, 2.45) is 17.8 Å². The minimum atomic E-state index is -0.397. The highest BCUT2D eigenvalue weighted by Crippen LogP contribution is 2.44. The number of hydrogen-bond donors (Lipinski definition) is 0. The zero-order valence-corrected chi connectivity index (χ0v) is 11.7. The van der Waals surface area contributed by atoms with Gasteiger partial charge in [0.25, 0.3) is 0 Å². The summed E-state index contributed by atoms with van der Waals surface area (Å²) < 4.78 is 10.7. The van der Waals surface area contributed by atoms with Crippen molar-refractivity contribution >= 4 is 5.97 Å². The van der Waals surface area contributed by atoms with Crippen molar-refractivity contribution in [3.63, 3.8) is 0 Å². The van der Waals surface area contributed by atoms with Gasteiger partial charge >= 0.3 is 5.97 Å². The topological polar surface area (TPSA) is 35.5 Å². The van der Waals surface area contributed by atoms with Gasteiger partial charge in [0.1, 0.15) is 0 Å². The summed E-state index contributed by atoms with van der Waals surface area (Å²) in [5.41, 5.74) is 0. The van der Waals surface area contributed by atoms with Crippen LogP contribution < -0.4 is 0 Å². The lowest BCUT2D eigenvalue weighted by molar-refractivity contribution is -0.183. The Labute approximate surface area is 110 Å². The highest BCUT2D eigenvalue weighted by molar-refractivity contribution is 5.73. The summed E-state index contributed by atoms with van der Waals surface area (Å²) in [5, 5.41) is 0. The molecule has 0 radical (unpaired) electrons. The molecule has 0 spiro atoms. The maximum Gasteiger partial charge on any atom is 0.311 e. The molecule has 0 aliphatic heterocycles. The number of esters is 1. The van der Waals surface area contributed by atoms with E-state index in [1.807, 2.05) is 13.8 Å². The molecular weight excluding hydrogens is 228 g/mol. The molecule has 3 nitrogen and oxygen atoms in total. The number of fused-ring (bicyclic) bond motifs is 1. The molecule has 0 aromatic rings. The third-order valence-corrected chi connectivity index (χ3v) is 4.56. The number of carbonyl (C=O) groups is 1. The molecule has 2 aliphatic carbocycles. The first-order chi connectivity index (χ1) is 8.72. The van der Waals surface area contributed by atoms with Gasteiger partial charge in [-0.25, -0.2) is 0 Å². The number of carbonyl (C=O) groups excluding carboxylic acids is 1. The number of hydrogen-bond acceptors (Lipinski definition) is 3. The summed E-state index contributed by atoms with van der Waals surface area (Å²) in [5.74, 6) is 1.46. The zero-order chi connectivity index (χ0) is 13.0. The van der Waals surface area contributed by atoms with Crippen LogP contribution in [-0.4, -0.2) is 18.9 Å². The minimum Gasteiger partial charge on any atom is -0.436 e. The van der Waals surface area contributed by atoms with E-state index in [-0.39, 0.29) is 11.9 Å². The first-order valence-electron chi connectivity index (χ1n) is 7.54. The first kappa shape index (κ1) is 13.9. The fraction of sp³-hybridized carbons (Fsp3) is 0.933. The monoisotopic (exact) mass is 254 g/mol. The zero-order valence-electron chi connectivity index (χ0n) is 11.7. The van der Waals surface area contributed by atoms with Crippen molar-refractivity contribution in [1.82, 2.24) is 0 Å². The van der Waals surface area contributed by atoms with E-state index in [1.54, 1.807) is 0 Å². The number of rotatable bonds is 4. The molecule has 0 amide bonds. The summed E-state index contributed by atoms with van der Waals surface area (Å²) in [4.78, 5) is 12.2. The Morgan fingerprint density at radius 1 is 1.17 bits per heavy atom. The van der Waals surface area contributed by atoms with Crippen LogP contribution >= 0.6 is 0 Å². The minimum absolute atomic E-state index is 0.0208. The van der Waals surface area contributed by atoms with Crippen LogP contribution in [0.25, 0.3) is 0 Å². The first-order valence-corrected chi connectivity index (χ1v) is 7.54. The van der Waals surface area contributed by atoms with E-state index in [4.69, 9.17) is 9.47 Å². The van der Waals surface area contributed by atoms with E-state index in [0.717, 1.165) is 12.3 Å². The Bertz CT molecular complexity index is 275. The molecule has 2 saturated carbocycles. The van der Waals surface area contributed by atoms with E-state index in [9.17, 15) is 4.79 Å². The molecule has 0 aromatic heterocycles. The van der Waals surface area contributed by atoms with Crippen LogP contribution in [0.2, 0.25) is 0 Å². The molecule has 0 aromatic carbocycles.